The number of carbonyl (C=O) groups is 1. The average molecular weight is 354 g/mol. The van der Waals surface area contributed by atoms with Gasteiger partial charge in [-0.05, 0) is 24.6 Å². The molecular formula is C11H13BrFNO4S. The second kappa shape index (κ2) is 6.44. The molecule has 1 rings (SSSR count). The summed E-state index contributed by atoms with van der Waals surface area (Å²) in [5.74, 6) is -2.20. The molecule has 0 heterocycles. The second-order valence-electron chi connectivity index (χ2n) is 3.81. The van der Waals surface area contributed by atoms with Gasteiger partial charge in [0.1, 0.15) is 17.3 Å². The Morgan fingerprint density at radius 2 is 2.11 bits per heavy atom. The van der Waals surface area contributed by atoms with Crippen molar-refractivity contribution in [3.8, 4) is 0 Å². The van der Waals surface area contributed by atoms with Crippen molar-refractivity contribution in [3.63, 3.8) is 0 Å². The van der Waals surface area contributed by atoms with E-state index < -0.39 is 33.3 Å². The van der Waals surface area contributed by atoms with Crippen LogP contribution < -0.4 is 0 Å². The van der Waals surface area contributed by atoms with Gasteiger partial charge < -0.3 is 5.11 Å². The third-order valence-electron chi connectivity index (χ3n) is 2.30. The van der Waals surface area contributed by atoms with Crippen LogP contribution in [0.5, 0.6) is 0 Å². The topological polar surface area (TPSA) is 74.7 Å². The summed E-state index contributed by atoms with van der Waals surface area (Å²) in [4.78, 5) is 10.2. The van der Waals surface area contributed by atoms with E-state index in [4.69, 9.17) is 5.11 Å². The molecule has 0 saturated heterocycles. The Hall–Kier alpha value is -0.990. The van der Waals surface area contributed by atoms with Crippen LogP contribution in [0.3, 0.4) is 0 Å². The molecule has 0 atom stereocenters. The highest BCUT2D eigenvalue weighted by Crippen LogP contribution is 2.22. The molecule has 0 aliphatic carbocycles. The predicted octanol–water partition coefficient (Wildman–Crippen LogP) is 2.07. The lowest BCUT2D eigenvalue weighted by atomic mass is 10.3. The molecule has 0 spiro atoms. The predicted molar refractivity (Wildman–Crippen MR) is 70.8 cm³/mol. The lowest BCUT2D eigenvalue weighted by Crippen LogP contribution is -2.36. The standard InChI is InChI=1S/C11H13BrFNO4S/c1-2-5-14(7-11(15)16)19(17,18)10-4-3-8(12)6-9(10)13/h3-4,6H,2,5,7H2,1H3,(H,15,16). The largest absolute Gasteiger partial charge is 0.480 e. The van der Waals surface area contributed by atoms with E-state index in [1.54, 1.807) is 6.92 Å². The van der Waals surface area contributed by atoms with Crippen molar-refractivity contribution in [1.29, 1.82) is 0 Å². The van der Waals surface area contributed by atoms with Crippen LogP contribution in [-0.4, -0.2) is 36.9 Å². The SMILES string of the molecule is CCCN(CC(=O)O)S(=O)(=O)c1ccc(Br)cc1F. The molecule has 8 heteroatoms. The van der Waals surface area contributed by atoms with Gasteiger partial charge in [-0.15, -0.1) is 0 Å². The van der Waals surface area contributed by atoms with Gasteiger partial charge in [-0.1, -0.05) is 22.9 Å². The molecule has 1 aromatic carbocycles. The summed E-state index contributed by atoms with van der Waals surface area (Å²) in [6, 6.07) is 3.53. The lowest BCUT2D eigenvalue weighted by molar-refractivity contribution is -0.137. The number of hydrogen-bond acceptors (Lipinski definition) is 3. The molecule has 19 heavy (non-hydrogen) atoms. The van der Waals surface area contributed by atoms with Crippen molar-refractivity contribution in [2.24, 2.45) is 0 Å². The van der Waals surface area contributed by atoms with Crippen molar-refractivity contribution < 1.29 is 22.7 Å². The van der Waals surface area contributed by atoms with E-state index >= 15 is 0 Å². The Balaban J connectivity index is 3.22. The lowest BCUT2D eigenvalue weighted by Gasteiger charge is -2.19. The first kappa shape index (κ1) is 16.1. The van der Waals surface area contributed by atoms with Crippen molar-refractivity contribution in [1.82, 2.24) is 4.31 Å². The zero-order chi connectivity index (χ0) is 14.6. The Bertz CT molecular complexity index is 576. The van der Waals surface area contributed by atoms with Gasteiger partial charge in [-0.2, -0.15) is 4.31 Å². The minimum absolute atomic E-state index is 0.0180. The molecule has 0 aliphatic rings. The van der Waals surface area contributed by atoms with Gasteiger partial charge in [0.25, 0.3) is 0 Å². The van der Waals surface area contributed by atoms with Gasteiger partial charge in [0.2, 0.25) is 10.0 Å². The van der Waals surface area contributed by atoms with Crippen molar-refractivity contribution in [2.75, 3.05) is 13.1 Å². The summed E-state index contributed by atoms with van der Waals surface area (Å²) in [6.45, 7) is 1.04. The summed E-state index contributed by atoms with van der Waals surface area (Å²) in [5, 5.41) is 8.73. The monoisotopic (exact) mass is 353 g/mol. The van der Waals surface area contributed by atoms with Crippen LogP contribution in [0, 0.1) is 5.82 Å². The number of rotatable bonds is 6. The van der Waals surface area contributed by atoms with Crippen molar-refractivity contribution >= 4 is 31.9 Å². The van der Waals surface area contributed by atoms with E-state index in [2.05, 4.69) is 15.9 Å². The van der Waals surface area contributed by atoms with Gasteiger partial charge in [0.05, 0.1) is 0 Å². The number of sulfonamides is 1. The number of aliphatic carboxylic acids is 1. The number of carboxylic acid groups (broad SMARTS) is 1. The molecule has 0 aromatic heterocycles. The van der Waals surface area contributed by atoms with E-state index in [-0.39, 0.29) is 6.54 Å². The summed E-state index contributed by atoms with van der Waals surface area (Å²) >= 11 is 3.03. The van der Waals surface area contributed by atoms with E-state index in [9.17, 15) is 17.6 Å². The van der Waals surface area contributed by atoms with Crippen LogP contribution in [-0.2, 0) is 14.8 Å². The van der Waals surface area contributed by atoms with Crippen LogP contribution in [0.2, 0.25) is 0 Å². The summed E-state index contributed by atoms with van der Waals surface area (Å²) < 4.78 is 39.3. The first-order valence-electron chi connectivity index (χ1n) is 5.46. The van der Waals surface area contributed by atoms with E-state index in [0.717, 1.165) is 16.4 Å². The maximum atomic E-state index is 13.7. The fourth-order valence-corrected chi connectivity index (χ4v) is 3.37. The Kier molecular flexibility index (Phi) is 5.45. The van der Waals surface area contributed by atoms with E-state index in [0.29, 0.717) is 10.9 Å². The molecule has 0 aliphatic heterocycles. The van der Waals surface area contributed by atoms with Crippen molar-refractivity contribution in [2.45, 2.75) is 18.2 Å². The zero-order valence-corrected chi connectivity index (χ0v) is 12.5. The van der Waals surface area contributed by atoms with Crippen LogP contribution in [0.25, 0.3) is 0 Å². The van der Waals surface area contributed by atoms with Gasteiger partial charge in [-0.25, -0.2) is 12.8 Å². The van der Waals surface area contributed by atoms with Crippen molar-refractivity contribution in [3.05, 3.63) is 28.5 Å². The molecule has 1 N–H and O–H groups in total. The highest BCUT2D eigenvalue weighted by molar-refractivity contribution is 9.10. The summed E-state index contributed by atoms with van der Waals surface area (Å²) in [6.07, 6.45) is 0.435. The van der Waals surface area contributed by atoms with Crippen LogP contribution in [0.15, 0.2) is 27.6 Å². The quantitative estimate of drug-likeness (QED) is 0.849. The fraction of sp³-hybridized carbons (Fsp3) is 0.364. The van der Waals surface area contributed by atoms with Gasteiger partial charge in [0, 0.05) is 11.0 Å². The minimum atomic E-state index is -4.15. The molecule has 0 fully saturated rings. The van der Waals surface area contributed by atoms with Gasteiger partial charge in [0.15, 0.2) is 0 Å². The van der Waals surface area contributed by atoms with Gasteiger partial charge in [-0.3, -0.25) is 4.79 Å². The molecule has 0 saturated carbocycles. The molecule has 0 bridgehead atoms. The molecule has 5 nitrogen and oxygen atoms in total. The highest BCUT2D eigenvalue weighted by Gasteiger charge is 2.28. The smallest absolute Gasteiger partial charge is 0.318 e. The number of nitrogens with zero attached hydrogens (tertiary/aromatic N) is 1. The first-order chi connectivity index (χ1) is 8.78. The number of carboxylic acids is 1. The number of benzene rings is 1. The molecule has 106 valence electrons. The maximum Gasteiger partial charge on any atom is 0.318 e. The molecule has 0 radical (unpaired) electrons. The third-order valence-corrected chi connectivity index (χ3v) is 4.67. The number of hydrogen-bond donors (Lipinski definition) is 1. The fourth-order valence-electron chi connectivity index (χ4n) is 1.51. The maximum absolute atomic E-state index is 13.7. The Morgan fingerprint density at radius 1 is 1.47 bits per heavy atom. The van der Waals surface area contributed by atoms with Gasteiger partial charge >= 0.3 is 5.97 Å². The van der Waals surface area contributed by atoms with Crippen LogP contribution in [0.4, 0.5) is 4.39 Å². The Morgan fingerprint density at radius 3 is 2.58 bits per heavy atom. The minimum Gasteiger partial charge on any atom is -0.480 e. The molecule has 0 amide bonds. The van der Waals surface area contributed by atoms with E-state index in [1.165, 1.54) is 6.07 Å². The zero-order valence-electron chi connectivity index (χ0n) is 10.1. The number of halogens is 2. The Labute approximate surface area is 119 Å². The average Bonchev–Trinajstić information content (AvgIpc) is 2.27. The highest BCUT2D eigenvalue weighted by atomic mass is 79.9. The van der Waals surface area contributed by atoms with E-state index in [1.807, 2.05) is 0 Å². The molecule has 1 aromatic rings. The van der Waals surface area contributed by atoms with Crippen LogP contribution in [0.1, 0.15) is 13.3 Å². The molecular weight excluding hydrogens is 341 g/mol. The normalized spacial score (nSPS) is 11.8. The third kappa shape index (κ3) is 3.99. The van der Waals surface area contributed by atoms with Crippen LogP contribution >= 0.6 is 15.9 Å². The first-order valence-corrected chi connectivity index (χ1v) is 7.69. The second-order valence-corrected chi connectivity index (χ2v) is 6.63. The summed E-state index contributed by atoms with van der Waals surface area (Å²) in [5.41, 5.74) is 0. The molecule has 0 unspecified atom stereocenters. The summed E-state index contributed by atoms with van der Waals surface area (Å²) in [7, 11) is -4.15.